The summed E-state index contributed by atoms with van der Waals surface area (Å²) >= 11 is 0. The summed E-state index contributed by atoms with van der Waals surface area (Å²) in [6, 6.07) is 10.9. The van der Waals surface area contributed by atoms with Crippen LogP contribution in [0.4, 0.5) is 0 Å². The molecule has 0 unspecified atom stereocenters. The summed E-state index contributed by atoms with van der Waals surface area (Å²) in [5.74, 6) is -0.168. The average Bonchev–Trinajstić information content (AvgIpc) is 3.09. The van der Waals surface area contributed by atoms with Crippen molar-refractivity contribution in [3.8, 4) is 0 Å². The van der Waals surface area contributed by atoms with Crippen LogP contribution < -0.4 is 0 Å². The Labute approximate surface area is 156 Å². The van der Waals surface area contributed by atoms with Crippen molar-refractivity contribution in [3.05, 3.63) is 35.9 Å². The molecule has 5 nitrogen and oxygen atoms in total. The van der Waals surface area contributed by atoms with Gasteiger partial charge in [-0.1, -0.05) is 30.3 Å². The molecule has 2 aliphatic heterocycles. The van der Waals surface area contributed by atoms with Gasteiger partial charge in [0.15, 0.2) is 0 Å². The molecule has 2 heterocycles. The molecule has 2 atom stereocenters. The second kappa shape index (κ2) is 9.17. The monoisotopic (exact) mass is 358 g/mol. The van der Waals surface area contributed by atoms with Crippen LogP contribution in [-0.2, 0) is 20.7 Å². The normalized spacial score (nSPS) is 23.8. The van der Waals surface area contributed by atoms with Gasteiger partial charge in [-0.3, -0.25) is 14.5 Å². The molecule has 3 rings (SSSR count). The number of carbonyl (C=O) groups is 2. The van der Waals surface area contributed by atoms with Crippen LogP contribution in [0.1, 0.15) is 38.2 Å². The van der Waals surface area contributed by atoms with Gasteiger partial charge in [-0.05, 0) is 51.1 Å². The molecule has 0 bridgehead atoms. The maximum atomic E-state index is 12.8. The number of hydrogen-bond donors (Lipinski definition) is 0. The molecule has 142 valence electrons. The van der Waals surface area contributed by atoms with E-state index in [1.54, 1.807) is 0 Å². The first-order valence-corrected chi connectivity index (χ1v) is 9.89. The molecular weight excluding hydrogens is 328 g/mol. The van der Waals surface area contributed by atoms with Crippen molar-refractivity contribution in [2.45, 2.75) is 45.1 Å². The van der Waals surface area contributed by atoms with E-state index < -0.39 is 0 Å². The van der Waals surface area contributed by atoms with E-state index in [1.165, 1.54) is 5.56 Å². The van der Waals surface area contributed by atoms with Crippen LogP contribution in [0.3, 0.4) is 0 Å². The second-order valence-electron chi connectivity index (χ2n) is 7.39. The number of amides is 1. The molecule has 0 aromatic heterocycles. The van der Waals surface area contributed by atoms with E-state index in [-0.39, 0.29) is 17.8 Å². The van der Waals surface area contributed by atoms with E-state index in [4.69, 9.17) is 4.74 Å². The molecule has 2 fully saturated rings. The molecule has 1 amide bonds. The van der Waals surface area contributed by atoms with Crippen molar-refractivity contribution in [2.24, 2.45) is 5.92 Å². The van der Waals surface area contributed by atoms with Crippen LogP contribution >= 0.6 is 0 Å². The first-order chi connectivity index (χ1) is 12.7. The maximum absolute atomic E-state index is 12.8. The molecule has 26 heavy (non-hydrogen) atoms. The lowest BCUT2D eigenvalue weighted by Crippen LogP contribution is -2.47. The lowest BCUT2D eigenvalue weighted by atomic mass is 9.98. The minimum absolute atomic E-state index is 0.152. The Bertz CT molecular complexity index is 605. The van der Waals surface area contributed by atoms with E-state index in [0.29, 0.717) is 25.7 Å². The summed E-state index contributed by atoms with van der Waals surface area (Å²) in [4.78, 5) is 29.0. The van der Waals surface area contributed by atoms with Crippen LogP contribution in [0.25, 0.3) is 0 Å². The molecule has 0 aliphatic carbocycles. The van der Waals surface area contributed by atoms with Gasteiger partial charge in [-0.2, -0.15) is 0 Å². The Morgan fingerprint density at radius 3 is 2.65 bits per heavy atom. The number of likely N-dealkylation sites (tertiary alicyclic amines) is 2. The molecule has 0 saturated carbocycles. The van der Waals surface area contributed by atoms with Gasteiger partial charge in [-0.25, -0.2) is 0 Å². The van der Waals surface area contributed by atoms with E-state index in [9.17, 15) is 9.59 Å². The minimum Gasteiger partial charge on any atom is -0.466 e. The van der Waals surface area contributed by atoms with Gasteiger partial charge in [0.1, 0.15) is 0 Å². The highest BCUT2D eigenvalue weighted by molar-refractivity contribution is 5.80. The van der Waals surface area contributed by atoms with Crippen molar-refractivity contribution in [1.82, 2.24) is 9.80 Å². The predicted octanol–water partition coefficient (Wildman–Crippen LogP) is 2.50. The van der Waals surface area contributed by atoms with Crippen LogP contribution in [0.2, 0.25) is 0 Å². The lowest BCUT2D eigenvalue weighted by molar-refractivity contribution is -0.151. The largest absolute Gasteiger partial charge is 0.466 e. The molecule has 2 aliphatic rings. The fourth-order valence-corrected chi connectivity index (χ4v) is 4.15. The molecule has 0 radical (unpaired) electrons. The fourth-order valence-electron chi connectivity index (χ4n) is 4.15. The standard InChI is InChI=1S/C21H30N2O3/c1-2-26-21(25)18-10-6-13-23(15-18)20(24)16-22-12-7-11-19(22)14-17-8-4-3-5-9-17/h3-5,8-9,18-19H,2,6-7,10-16H2,1H3/t18-,19-/m1/s1. The van der Waals surface area contributed by atoms with Crippen molar-refractivity contribution in [1.29, 1.82) is 0 Å². The highest BCUT2D eigenvalue weighted by Gasteiger charge is 2.32. The minimum atomic E-state index is -0.161. The molecule has 2 saturated heterocycles. The van der Waals surface area contributed by atoms with Gasteiger partial charge in [0.25, 0.3) is 0 Å². The average molecular weight is 358 g/mol. The predicted molar refractivity (Wildman–Crippen MR) is 101 cm³/mol. The summed E-state index contributed by atoms with van der Waals surface area (Å²) in [6.45, 7) is 4.94. The van der Waals surface area contributed by atoms with E-state index in [2.05, 4.69) is 29.2 Å². The maximum Gasteiger partial charge on any atom is 0.310 e. The molecule has 5 heteroatoms. The first kappa shape index (κ1) is 18.9. The molecule has 0 N–H and O–H groups in total. The topological polar surface area (TPSA) is 49.9 Å². The van der Waals surface area contributed by atoms with Crippen molar-refractivity contribution in [2.75, 3.05) is 32.8 Å². The number of nitrogens with zero attached hydrogens (tertiary/aromatic N) is 2. The van der Waals surface area contributed by atoms with Gasteiger partial charge in [0.2, 0.25) is 5.91 Å². The Hall–Kier alpha value is -1.88. The van der Waals surface area contributed by atoms with Gasteiger partial charge in [-0.15, -0.1) is 0 Å². The summed E-state index contributed by atoms with van der Waals surface area (Å²) in [5.41, 5.74) is 1.33. The van der Waals surface area contributed by atoms with E-state index in [1.807, 2.05) is 17.9 Å². The molecule has 0 spiro atoms. The van der Waals surface area contributed by atoms with Crippen molar-refractivity contribution < 1.29 is 14.3 Å². The van der Waals surface area contributed by atoms with Gasteiger partial charge in [0.05, 0.1) is 19.1 Å². The molecular formula is C21H30N2O3. The third-order valence-corrected chi connectivity index (χ3v) is 5.55. The van der Waals surface area contributed by atoms with Crippen LogP contribution in [-0.4, -0.2) is 60.5 Å². The van der Waals surface area contributed by atoms with Gasteiger partial charge in [0, 0.05) is 19.1 Å². The van der Waals surface area contributed by atoms with E-state index >= 15 is 0 Å². The van der Waals surface area contributed by atoms with Crippen LogP contribution in [0.15, 0.2) is 30.3 Å². The van der Waals surface area contributed by atoms with Crippen molar-refractivity contribution in [3.63, 3.8) is 0 Å². The number of ether oxygens (including phenoxy) is 1. The van der Waals surface area contributed by atoms with Crippen LogP contribution in [0.5, 0.6) is 0 Å². The number of benzene rings is 1. The van der Waals surface area contributed by atoms with Crippen molar-refractivity contribution >= 4 is 11.9 Å². The zero-order valence-electron chi connectivity index (χ0n) is 15.7. The highest BCUT2D eigenvalue weighted by Crippen LogP contribution is 2.23. The summed E-state index contributed by atoms with van der Waals surface area (Å²) < 4.78 is 5.14. The quantitative estimate of drug-likeness (QED) is 0.733. The number of esters is 1. The Morgan fingerprint density at radius 1 is 1.12 bits per heavy atom. The molecule has 1 aromatic carbocycles. The third kappa shape index (κ3) is 4.85. The zero-order valence-corrected chi connectivity index (χ0v) is 15.7. The second-order valence-corrected chi connectivity index (χ2v) is 7.39. The summed E-state index contributed by atoms with van der Waals surface area (Å²) in [6.07, 6.45) is 5.00. The lowest BCUT2D eigenvalue weighted by Gasteiger charge is -2.33. The fraction of sp³-hybridized carbons (Fsp3) is 0.619. The summed E-state index contributed by atoms with van der Waals surface area (Å²) in [7, 11) is 0. The number of rotatable bonds is 6. The zero-order chi connectivity index (χ0) is 18.4. The Kier molecular flexibility index (Phi) is 6.67. The van der Waals surface area contributed by atoms with Gasteiger partial charge < -0.3 is 9.64 Å². The van der Waals surface area contributed by atoms with Gasteiger partial charge >= 0.3 is 5.97 Å². The Morgan fingerprint density at radius 2 is 1.88 bits per heavy atom. The highest BCUT2D eigenvalue weighted by atomic mass is 16.5. The third-order valence-electron chi connectivity index (χ3n) is 5.55. The van der Waals surface area contributed by atoms with E-state index in [0.717, 1.165) is 45.2 Å². The first-order valence-electron chi connectivity index (χ1n) is 9.89. The Balaban J connectivity index is 1.54. The number of carbonyl (C=O) groups excluding carboxylic acids is 2. The SMILES string of the molecule is CCOC(=O)[C@@H]1CCCN(C(=O)CN2CCC[C@@H]2Cc2ccccc2)C1. The number of piperidine rings is 1. The van der Waals surface area contributed by atoms with Crippen LogP contribution in [0, 0.1) is 5.92 Å². The molecule has 1 aromatic rings. The summed E-state index contributed by atoms with van der Waals surface area (Å²) in [5, 5.41) is 0. The number of hydrogen-bond acceptors (Lipinski definition) is 4. The smallest absolute Gasteiger partial charge is 0.310 e.